The van der Waals surface area contributed by atoms with E-state index < -0.39 is 0 Å². The highest BCUT2D eigenvalue weighted by Gasteiger charge is 2.16. The Labute approximate surface area is 151 Å². The smallest absolute Gasteiger partial charge is 0.231 e. The standard InChI is InChI=1S/C21H17NO4/c1-23-19-12-21-20(24-14-25-21)11-15(19)13-22-16-7-9-18(10-8-16)26-17-5-3-2-4-6-17/h2-13H,14H2,1H3. The summed E-state index contributed by atoms with van der Waals surface area (Å²) in [6, 6.07) is 20.9. The Morgan fingerprint density at radius 3 is 2.31 bits per heavy atom. The largest absolute Gasteiger partial charge is 0.496 e. The topological polar surface area (TPSA) is 49.3 Å². The molecular formula is C21H17NO4. The molecule has 26 heavy (non-hydrogen) atoms. The van der Waals surface area contributed by atoms with Gasteiger partial charge in [0, 0.05) is 17.8 Å². The van der Waals surface area contributed by atoms with Crippen LogP contribution < -0.4 is 18.9 Å². The number of hydrogen-bond acceptors (Lipinski definition) is 5. The second-order valence-corrected chi connectivity index (χ2v) is 5.61. The van der Waals surface area contributed by atoms with Gasteiger partial charge >= 0.3 is 0 Å². The van der Waals surface area contributed by atoms with Crippen LogP contribution in [0.25, 0.3) is 0 Å². The molecule has 0 fully saturated rings. The normalized spacial score (nSPS) is 12.3. The Morgan fingerprint density at radius 1 is 0.885 bits per heavy atom. The first-order valence-electron chi connectivity index (χ1n) is 8.16. The summed E-state index contributed by atoms with van der Waals surface area (Å²) >= 11 is 0. The van der Waals surface area contributed by atoms with E-state index in [0.29, 0.717) is 17.2 Å². The second kappa shape index (κ2) is 7.19. The lowest BCUT2D eigenvalue weighted by Crippen LogP contribution is -1.92. The molecule has 1 heterocycles. The summed E-state index contributed by atoms with van der Waals surface area (Å²) in [5.74, 6) is 3.62. The van der Waals surface area contributed by atoms with Crippen LogP contribution in [-0.2, 0) is 0 Å². The highest BCUT2D eigenvalue weighted by Crippen LogP contribution is 2.37. The lowest BCUT2D eigenvalue weighted by atomic mass is 10.2. The first kappa shape index (κ1) is 16.0. The molecule has 0 atom stereocenters. The Bertz CT molecular complexity index is 921. The second-order valence-electron chi connectivity index (χ2n) is 5.61. The fourth-order valence-electron chi connectivity index (χ4n) is 2.59. The van der Waals surface area contributed by atoms with E-state index in [0.717, 1.165) is 22.7 Å². The minimum Gasteiger partial charge on any atom is -0.496 e. The molecule has 0 saturated heterocycles. The molecule has 0 amide bonds. The van der Waals surface area contributed by atoms with Crippen molar-refractivity contribution in [1.29, 1.82) is 0 Å². The van der Waals surface area contributed by atoms with Gasteiger partial charge in [-0.25, -0.2) is 0 Å². The maximum absolute atomic E-state index is 5.78. The van der Waals surface area contributed by atoms with Gasteiger partial charge in [0.25, 0.3) is 0 Å². The van der Waals surface area contributed by atoms with Gasteiger partial charge in [-0.1, -0.05) is 18.2 Å². The third kappa shape index (κ3) is 3.47. The van der Waals surface area contributed by atoms with E-state index in [1.54, 1.807) is 19.4 Å². The van der Waals surface area contributed by atoms with Gasteiger partial charge in [0.1, 0.15) is 17.2 Å². The van der Waals surface area contributed by atoms with Crippen LogP contribution in [0.4, 0.5) is 5.69 Å². The SMILES string of the molecule is COc1cc2c(cc1C=Nc1ccc(Oc3ccccc3)cc1)OCO2. The van der Waals surface area contributed by atoms with Crippen LogP contribution >= 0.6 is 0 Å². The molecule has 0 aliphatic carbocycles. The van der Waals surface area contributed by atoms with Crippen molar-refractivity contribution in [3.05, 3.63) is 72.3 Å². The quantitative estimate of drug-likeness (QED) is 0.612. The van der Waals surface area contributed by atoms with Crippen LogP contribution in [0, 0.1) is 0 Å². The zero-order valence-corrected chi connectivity index (χ0v) is 14.2. The predicted molar refractivity (Wildman–Crippen MR) is 99.3 cm³/mol. The monoisotopic (exact) mass is 347 g/mol. The van der Waals surface area contributed by atoms with Crippen molar-refractivity contribution in [2.24, 2.45) is 4.99 Å². The van der Waals surface area contributed by atoms with E-state index in [1.165, 1.54) is 0 Å². The van der Waals surface area contributed by atoms with E-state index in [9.17, 15) is 0 Å². The van der Waals surface area contributed by atoms with Crippen molar-refractivity contribution < 1.29 is 18.9 Å². The fourth-order valence-corrected chi connectivity index (χ4v) is 2.59. The maximum atomic E-state index is 5.78. The third-order valence-electron chi connectivity index (χ3n) is 3.89. The molecule has 0 unspecified atom stereocenters. The van der Waals surface area contributed by atoms with Crippen LogP contribution in [0.5, 0.6) is 28.7 Å². The van der Waals surface area contributed by atoms with Crippen LogP contribution in [0.1, 0.15) is 5.56 Å². The molecule has 3 aromatic carbocycles. The summed E-state index contributed by atoms with van der Waals surface area (Å²) in [4.78, 5) is 4.50. The number of para-hydroxylation sites is 1. The molecule has 0 bridgehead atoms. The van der Waals surface area contributed by atoms with E-state index in [1.807, 2.05) is 60.7 Å². The van der Waals surface area contributed by atoms with Crippen molar-refractivity contribution in [2.75, 3.05) is 13.9 Å². The Kier molecular flexibility index (Phi) is 4.43. The maximum Gasteiger partial charge on any atom is 0.231 e. The average molecular weight is 347 g/mol. The Morgan fingerprint density at radius 2 is 1.58 bits per heavy atom. The van der Waals surface area contributed by atoms with Crippen LogP contribution in [0.3, 0.4) is 0 Å². The molecule has 5 nitrogen and oxygen atoms in total. The summed E-state index contributed by atoms with van der Waals surface area (Å²) in [6.07, 6.45) is 1.74. The molecule has 5 heteroatoms. The molecule has 130 valence electrons. The number of fused-ring (bicyclic) bond motifs is 1. The van der Waals surface area contributed by atoms with Crippen molar-refractivity contribution in [1.82, 2.24) is 0 Å². The minimum absolute atomic E-state index is 0.224. The molecule has 0 N–H and O–H groups in total. The van der Waals surface area contributed by atoms with Crippen LogP contribution in [0.2, 0.25) is 0 Å². The van der Waals surface area contributed by atoms with Gasteiger partial charge in [0.15, 0.2) is 11.5 Å². The average Bonchev–Trinajstić information content (AvgIpc) is 3.15. The Hall–Kier alpha value is -3.47. The minimum atomic E-state index is 0.224. The molecule has 0 saturated carbocycles. The van der Waals surface area contributed by atoms with Gasteiger partial charge in [-0.2, -0.15) is 0 Å². The summed E-state index contributed by atoms with van der Waals surface area (Å²) in [6.45, 7) is 0.224. The number of hydrogen-bond donors (Lipinski definition) is 0. The number of methoxy groups -OCH3 is 1. The zero-order chi connectivity index (χ0) is 17.8. The summed E-state index contributed by atoms with van der Waals surface area (Å²) < 4.78 is 21.9. The van der Waals surface area contributed by atoms with Gasteiger partial charge in [0.05, 0.1) is 12.8 Å². The van der Waals surface area contributed by atoms with Gasteiger partial charge in [-0.05, 0) is 42.5 Å². The van der Waals surface area contributed by atoms with Gasteiger partial charge in [-0.3, -0.25) is 4.99 Å². The van der Waals surface area contributed by atoms with Gasteiger partial charge in [0.2, 0.25) is 6.79 Å². The highest BCUT2D eigenvalue weighted by molar-refractivity contribution is 5.87. The molecule has 1 aliphatic heterocycles. The molecular weight excluding hydrogens is 330 g/mol. The summed E-state index contributed by atoms with van der Waals surface area (Å²) in [5, 5.41) is 0. The molecule has 0 aromatic heterocycles. The van der Waals surface area contributed by atoms with E-state index in [2.05, 4.69) is 4.99 Å². The van der Waals surface area contributed by atoms with E-state index in [4.69, 9.17) is 18.9 Å². The fraction of sp³-hybridized carbons (Fsp3) is 0.0952. The van der Waals surface area contributed by atoms with Crippen molar-refractivity contribution in [3.8, 4) is 28.7 Å². The number of aliphatic imine (C=N–C) groups is 1. The van der Waals surface area contributed by atoms with Crippen molar-refractivity contribution in [3.63, 3.8) is 0 Å². The van der Waals surface area contributed by atoms with Gasteiger partial charge < -0.3 is 18.9 Å². The number of benzene rings is 3. The Balaban J connectivity index is 1.50. The zero-order valence-electron chi connectivity index (χ0n) is 14.2. The first-order valence-corrected chi connectivity index (χ1v) is 8.16. The lowest BCUT2D eigenvalue weighted by molar-refractivity contribution is 0.174. The third-order valence-corrected chi connectivity index (χ3v) is 3.89. The molecule has 1 aliphatic rings. The van der Waals surface area contributed by atoms with Crippen LogP contribution in [-0.4, -0.2) is 20.1 Å². The summed E-state index contributed by atoms with van der Waals surface area (Å²) in [5.41, 5.74) is 1.63. The molecule has 4 rings (SSSR count). The number of nitrogens with zero attached hydrogens (tertiary/aromatic N) is 1. The number of rotatable bonds is 5. The van der Waals surface area contributed by atoms with E-state index >= 15 is 0 Å². The highest BCUT2D eigenvalue weighted by atomic mass is 16.7. The van der Waals surface area contributed by atoms with Crippen LogP contribution in [0.15, 0.2) is 71.7 Å². The van der Waals surface area contributed by atoms with Crippen molar-refractivity contribution >= 4 is 11.9 Å². The summed E-state index contributed by atoms with van der Waals surface area (Å²) in [7, 11) is 1.62. The first-order chi connectivity index (χ1) is 12.8. The number of ether oxygens (including phenoxy) is 4. The van der Waals surface area contributed by atoms with Crippen molar-refractivity contribution in [2.45, 2.75) is 0 Å². The molecule has 0 radical (unpaired) electrons. The van der Waals surface area contributed by atoms with E-state index in [-0.39, 0.29) is 6.79 Å². The molecule has 0 spiro atoms. The van der Waals surface area contributed by atoms with Gasteiger partial charge in [-0.15, -0.1) is 0 Å². The predicted octanol–water partition coefficient (Wildman–Crippen LogP) is 4.97. The molecule has 3 aromatic rings. The lowest BCUT2D eigenvalue weighted by Gasteiger charge is -2.06.